The summed E-state index contributed by atoms with van der Waals surface area (Å²) in [6, 6.07) is 3.88. The molecular formula is C14H24N2O2. The number of ether oxygens (including phenoxy) is 1. The van der Waals surface area contributed by atoms with E-state index in [1.165, 1.54) is 0 Å². The molecule has 1 aromatic heterocycles. The quantitative estimate of drug-likeness (QED) is 0.780. The maximum Gasteiger partial charge on any atom is 0.218 e. The molecule has 0 fully saturated rings. The van der Waals surface area contributed by atoms with Crippen molar-refractivity contribution < 1.29 is 9.84 Å². The summed E-state index contributed by atoms with van der Waals surface area (Å²) in [7, 11) is 0. The van der Waals surface area contributed by atoms with Gasteiger partial charge in [-0.05, 0) is 33.3 Å². The van der Waals surface area contributed by atoms with Gasteiger partial charge >= 0.3 is 0 Å². The van der Waals surface area contributed by atoms with Crippen LogP contribution in [-0.2, 0) is 6.54 Å². The summed E-state index contributed by atoms with van der Waals surface area (Å²) >= 11 is 0. The van der Waals surface area contributed by atoms with Crippen LogP contribution in [0.3, 0.4) is 0 Å². The first-order chi connectivity index (χ1) is 8.44. The molecule has 0 radical (unpaired) electrons. The standard InChI is InChI=1S/C14H24N2O2/c1-5-14(4,17)10-15-9-12-7-6-8-16-13(12)18-11(2)3/h6-8,11,15,17H,5,9-10H2,1-4H3. The molecule has 4 nitrogen and oxygen atoms in total. The second-order valence-electron chi connectivity index (χ2n) is 5.09. The molecule has 1 rings (SSSR count). The highest BCUT2D eigenvalue weighted by molar-refractivity contribution is 5.25. The van der Waals surface area contributed by atoms with Crippen molar-refractivity contribution in [2.24, 2.45) is 0 Å². The molecule has 4 heteroatoms. The molecule has 0 aliphatic carbocycles. The number of aromatic nitrogens is 1. The van der Waals surface area contributed by atoms with Gasteiger partial charge in [0.1, 0.15) is 0 Å². The molecule has 0 amide bonds. The van der Waals surface area contributed by atoms with E-state index in [0.717, 1.165) is 12.0 Å². The van der Waals surface area contributed by atoms with Gasteiger partial charge in [0.15, 0.2) is 0 Å². The second-order valence-corrected chi connectivity index (χ2v) is 5.09. The Kier molecular flexibility index (Phi) is 5.56. The molecule has 1 unspecified atom stereocenters. The first kappa shape index (κ1) is 14.9. The van der Waals surface area contributed by atoms with Crippen molar-refractivity contribution in [2.45, 2.75) is 52.4 Å². The lowest BCUT2D eigenvalue weighted by atomic mass is 10.0. The van der Waals surface area contributed by atoms with Gasteiger partial charge in [-0.25, -0.2) is 4.98 Å². The Morgan fingerprint density at radius 2 is 2.22 bits per heavy atom. The monoisotopic (exact) mass is 252 g/mol. The predicted molar refractivity (Wildman–Crippen MR) is 72.6 cm³/mol. The highest BCUT2D eigenvalue weighted by Gasteiger charge is 2.16. The zero-order valence-corrected chi connectivity index (χ0v) is 11.7. The highest BCUT2D eigenvalue weighted by Crippen LogP contribution is 2.16. The molecule has 102 valence electrons. The van der Waals surface area contributed by atoms with Gasteiger partial charge in [0.25, 0.3) is 0 Å². The summed E-state index contributed by atoms with van der Waals surface area (Å²) in [6.07, 6.45) is 2.56. The zero-order valence-electron chi connectivity index (χ0n) is 11.7. The molecule has 0 saturated heterocycles. The van der Waals surface area contributed by atoms with Gasteiger partial charge < -0.3 is 15.2 Å². The smallest absolute Gasteiger partial charge is 0.218 e. The van der Waals surface area contributed by atoms with E-state index in [1.54, 1.807) is 6.20 Å². The number of pyridine rings is 1. The summed E-state index contributed by atoms with van der Waals surface area (Å²) in [6.45, 7) is 8.96. The molecule has 0 aliphatic heterocycles. The van der Waals surface area contributed by atoms with Crippen LogP contribution < -0.4 is 10.1 Å². The Labute approximate surface area is 109 Å². The van der Waals surface area contributed by atoms with Gasteiger partial charge in [0.05, 0.1) is 11.7 Å². The Hall–Kier alpha value is -1.13. The van der Waals surface area contributed by atoms with Crippen LogP contribution in [0.5, 0.6) is 5.88 Å². The maximum absolute atomic E-state index is 9.91. The van der Waals surface area contributed by atoms with Crippen molar-refractivity contribution in [2.75, 3.05) is 6.54 Å². The summed E-state index contributed by atoms with van der Waals surface area (Å²) in [4.78, 5) is 4.23. The number of hydrogen-bond donors (Lipinski definition) is 2. The van der Waals surface area contributed by atoms with Crippen LogP contribution in [0.2, 0.25) is 0 Å². The Bertz CT molecular complexity index is 365. The van der Waals surface area contributed by atoms with Crippen molar-refractivity contribution in [1.29, 1.82) is 0 Å². The Balaban J connectivity index is 2.56. The van der Waals surface area contributed by atoms with E-state index in [1.807, 2.05) is 39.8 Å². The lowest BCUT2D eigenvalue weighted by Gasteiger charge is -2.22. The van der Waals surface area contributed by atoms with Crippen molar-refractivity contribution in [1.82, 2.24) is 10.3 Å². The second kappa shape index (κ2) is 6.71. The zero-order chi connectivity index (χ0) is 13.6. The van der Waals surface area contributed by atoms with Gasteiger partial charge in [-0.15, -0.1) is 0 Å². The van der Waals surface area contributed by atoms with Crippen molar-refractivity contribution in [3.05, 3.63) is 23.9 Å². The summed E-state index contributed by atoms with van der Waals surface area (Å²) in [5.74, 6) is 0.663. The maximum atomic E-state index is 9.91. The van der Waals surface area contributed by atoms with Gasteiger partial charge in [-0.2, -0.15) is 0 Å². The van der Waals surface area contributed by atoms with Gasteiger partial charge in [-0.1, -0.05) is 13.0 Å². The summed E-state index contributed by atoms with van der Waals surface area (Å²) in [5, 5.41) is 13.1. The molecule has 1 aromatic rings. The highest BCUT2D eigenvalue weighted by atomic mass is 16.5. The van der Waals surface area contributed by atoms with Gasteiger partial charge in [0, 0.05) is 24.8 Å². The molecule has 0 spiro atoms. The third-order valence-corrected chi connectivity index (χ3v) is 2.78. The third-order valence-electron chi connectivity index (χ3n) is 2.78. The third kappa shape index (κ3) is 5.02. The molecule has 2 N–H and O–H groups in total. The topological polar surface area (TPSA) is 54.4 Å². The number of nitrogens with zero attached hydrogens (tertiary/aromatic N) is 1. The van der Waals surface area contributed by atoms with Crippen molar-refractivity contribution in [3.8, 4) is 5.88 Å². The first-order valence-corrected chi connectivity index (χ1v) is 6.48. The van der Waals surface area contributed by atoms with Crippen LogP contribution in [0.1, 0.15) is 39.7 Å². The van der Waals surface area contributed by atoms with Crippen LogP contribution in [0.25, 0.3) is 0 Å². The molecule has 0 aromatic carbocycles. The number of hydrogen-bond acceptors (Lipinski definition) is 4. The first-order valence-electron chi connectivity index (χ1n) is 6.48. The predicted octanol–water partition coefficient (Wildman–Crippen LogP) is 2.12. The minimum atomic E-state index is -0.665. The van der Waals surface area contributed by atoms with E-state index in [9.17, 15) is 5.11 Å². The fraction of sp³-hybridized carbons (Fsp3) is 0.643. The van der Waals surface area contributed by atoms with E-state index in [0.29, 0.717) is 19.0 Å². The molecule has 0 bridgehead atoms. The van der Waals surface area contributed by atoms with E-state index in [4.69, 9.17) is 4.74 Å². The normalized spacial score (nSPS) is 14.6. The Morgan fingerprint density at radius 1 is 1.50 bits per heavy atom. The van der Waals surface area contributed by atoms with Crippen LogP contribution in [0.15, 0.2) is 18.3 Å². The van der Waals surface area contributed by atoms with E-state index in [2.05, 4.69) is 10.3 Å². The Morgan fingerprint density at radius 3 is 2.83 bits per heavy atom. The van der Waals surface area contributed by atoms with Crippen molar-refractivity contribution >= 4 is 0 Å². The van der Waals surface area contributed by atoms with E-state index in [-0.39, 0.29) is 6.10 Å². The summed E-state index contributed by atoms with van der Waals surface area (Å²) in [5.41, 5.74) is 0.347. The van der Waals surface area contributed by atoms with Gasteiger partial charge in [0.2, 0.25) is 5.88 Å². The van der Waals surface area contributed by atoms with Crippen molar-refractivity contribution in [3.63, 3.8) is 0 Å². The lowest BCUT2D eigenvalue weighted by Crippen LogP contribution is -2.36. The average Bonchev–Trinajstić information content (AvgIpc) is 2.30. The fourth-order valence-corrected chi connectivity index (χ4v) is 1.48. The number of rotatable bonds is 7. The largest absolute Gasteiger partial charge is 0.475 e. The molecule has 1 atom stereocenters. The molecule has 0 aliphatic rings. The number of aliphatic hydroxyl groups is 1. The fourth-order valence-electron chi connectivity index (χ4n) is 1.48. The van der Waals surface area contributed by atoms with E-state index < -0.39 is 5.60 Å². The lowest BCUT2D eigenvalue weighted by molar-refractivity contribution is 0.0554. The van der Waals surface area contributed by atoms with Crippen LogP contribution >= 0.6 is 0 Å². The number of nitrogens with one attached hydrogen (secondary N) is 1. The molecule has 0 saturated carbocycles. The molecular weight excluding hydrogens is 228 g/mol. The minimum Gasteiger partial charge on any atom is -0.475 e. The average molecular weight is 252 g/mol. The van der Waals surface area contributed by atoms with Crippen LogP contribution in [0, 0.1) is 0 Å². The van der Waals surface area contributed by atoms with E-state index >= 15 is 0 Å². The van der Waals surface area contributed by atoms with Crippen LogP contribution in [0.4, 0.5) is 0 Å². The molecule has 1 heterocycles. The van der Waals surface area contributed by atoms with Crippen LogP contribution in [-0.4, -0.2) is 28.3 Å². The SMILES string of the molecule is CCC(C)(O)CNCc1cccnc1OC(C)C. The minimum absolute atomic E-state index is 0.109. The summed E-state index contributed by atoms with van der Waals surface area (Å²) < 4.78 is 5.64. The van der Waals surface area contributed by atoms with Gasteiger partial charge in [-0.3, -0.25) is 0 Å². The molecule has 18 heavy (non-hydrogen) atoms.